The first-order valence-corrected chi connectivity index (χ1v) is 4.65. The van der Waals surface area contributed by atoms with E-state index >= 15 is 0 Å². The smallest absolute Gasteiger partial charge is 0.251 e. The van der Waals surface area contributed by atoms with Crippen LogP contribution in [-0.4, -0.2) is 18.0 Å². The fourth-order valence-electron chi connectivity index (χ4n) is 2.23. The van der Waals surface area contributed by atoms with Crippen LogP contribution in [0.4, 0.5) is 8.78 Å². The lowest BCUT2D eigenvalue weighted by molar-refractivity contribution is -0.0640. The zero-order valence-electron chi connectivity index (χ0n) is 7.37. The fourth-order valence-corrected chi connectivity index (χ4v) is 2.23. The molecule has 3 heteroatoms. The lowest BCUT2D eigenvalue weighted by atomic mass is 9.84. The number of alkyl halides is 2. The second-order valence-electron chi connectivity index (χ2n) is 4.40. The second-order valence-corrected chi connectivity index (χ2v) is 4.40. The maximum Gasteiger partial charge on any atom is 0.251 e. The summed E-state index contributed by atoms with van der Waals surface area (Å²) in [5, 5.41) is 3.23. The summed E-state index contributed by atoms with van der Waals surface area (Å²) in [5.74, 6) is -1.92. The van der Waals surface area contributed by atoms with Gasteiger partial charge in [0.25, 0.3) is 5.92 Å². The molecule has 1 nitrogen and oxygen atoms in total. The Balaban J connectivity index is 2.06. The van der Waals surface area contributed by atoms with Crippen LogP contribution in [0, 0.1) is 5.92 Å². The van der Waals surface area contributed by atoms with Crippen molar-refractivity contribution >= 4 is 0 Å². The molecule has 0 spiro atoms. The average molecular weight is 175 g/mol. The molecule has 1 atom stereocenters. The van der Waals surface area contributed by atoms with E-state index in [0.29, 0.717) is 12.5 Å². The predicted octanol–water partition coefficient (Wildman–Crippen LogP) is 2.17. The van der Waals surface area contributed by atoms with Gasteiger partial charge in [-0.2, -0.15) is 0 Å². The van der Waals surface area contributed by atoms with Gasteiger partial charge in [0.05, 0.1) is 0 Å². The SMILES string of the molecule is CC1(C2CC2)CC(F)(F)CCN1. The lowest BCUT2D eigenvalue weighted by Crippen LogP contribution is -2.54. The molecule has 2 fully saturated rings. The van der Waals surface area contributed by atoms with E-state index in [-0.39, 0.29) is 18.4 Å². The van der Waals surface area contributed by atoms with Crippen LogP contribution < -0.4 is 5.32 Å². The lowest BCUT2D eigenvalue weighted by Gasteiger charge is -2.39. The van der Waals surface area contributed by atoms with E-state index < -0.39 is 5.92 Å². The summed E-state index contributed by atoms with van der Waals surface area (Å²) in [6, 6.07) is 0. The number of nitrogens with one attached hydrogen (secondary N) is 1. The number of halogens is 2. The largest absolute Gasteiger partial charge is 0.311 e. The second kappa shape index (κ2) is 2.41. The van der Waals surface area contributed by atoms with Gasteiger partial charge in [0.1, 0.15) is 0 Å². The molecule has 1 aliphatic heterocycles. The van der Waals surface area contributed by atoms with Crippen molar-refractivity contribution in [2.45, 2.75) is 44.1 Å². The molecule has 1 N–H and O–H groups in total. The van der Waals surface area contributed by atoms with Crippen LogP contribution in [0.25, 0.3) is 0 Å². The van der Waals surface area contributed by atoms with E-state index in [9.17, 15) is 8.78 Å². The van der Waals surface area contributed by atoms with Gasteiger partial charge in [-0.25, -0.2) is 8.78 Å². The molecule has 0 aromatic heterocycles. The Bertz CT molecular complexity index is 189. The zero-order chi connectivity index (χ0) is 8.82. The van der Waals surface area contributed by atoms with E-state index in [4.69, 9.17) is 0 Å². The van der Waals surface area contributed by atoms with E-state index in [2.05, 4.69) is 5.32 Å². The minimum atomic E-state index is -2.43. The molecule has 2 aliphatic rings. The highest BCUT2D eigenvalue weighted by molar-refractivity contribution is 5.03. The topological polar surface area (TPSA) is 12.0 Å². The first-order chi connectivity index (χ1) is 5.52. The standard InChI is InChI=1S/C9H15F2N/c1-8(7-2-3-7)6-9(10,11)4-5-12-8/h7,12H,2-6H2,1H3. The highest BCUT2D eigenvalue weighted by Gasteiger charge is 2.50. The zero-order valence-corrected chi connectivity index (χ0v) is 7.37. The average Bonchev–Trinajstić information content (AvgIpc) is 2.62. The third-order valence-electron chi connectivity index (χ3n) is 3.12. The number of hydrogen-bond acceptors (Lipinski definition) is 1. The highest BCUT2D eigenvalue weighted by atomic mass is 19.3. The van der Waals surface area contributed by atoms with Crippen LogP contribution in [0.1, 0.15) is 32.6 Å². The summed E-state index contributed by atoms with van der Waals surface area (Å²) >= 11 is 0. The first-order valence-electron chi connectivity index (χ1n) is 4.65. The van der Waals surface area contributed by atoms with Crippen molar-refractivity contribution in [1.82, 2.24) is 5.32 Å². The number of piperidine rings is 1. The molecule has 1 heterocycles. The molecule has 1 saturated carbocycles. The van der Waals surface area contributed by atoms with E-state index in [1.807, 2.05) is 6.92 Å². The monoisotopic (exact) mass is 175 g/mol. The third-order valence-corrected chi connectivity index (χ3v) is 3.12. The molecule has 2 rings (SSSR count). The van der Waals surface area contributed by atoms with Crippen molar-refractivity contribution in [3.63, 3.8) is 0 Å². The summed E-state index contributed by atoms with van der Waals surface area (Å²) in [4.78, 5) is 0. The Morgan fingerprint density at radius 3 is 2.50 bits per heavy atom. The normalized spacial score (nSPS) is 41.2. The van der Waals surface area contributed by atoms with Crippen molar-refractivity contribution in [3.05, 3.63) is 0 Å². The van der Waals surface area contributed by atoms with Gasteiger partial charge < -0.3 is 5.32 Å². The van der Waals surface area contributed by atoms with Crippen molar-refractivity contribution < 1.29 is 8.78 Å². The van der Waals surface area contributed by atoms with Gasteiger partial charge >= 0.3 is 0 Å². The first kappa shape index (κ1) is 8.42. The van der Waals surface area contributed by atoms with Gasteiger partial charge in [-0.3, -0.25) is 0 Å². The highest BCUT2D eigenvalue weighted by Crippen LogP contribution is 2.46. The summed E-state index contributed by atoms with van der Waals surface area (Å²) in [7, 11) is 0. The Labute approximate surface area is 71.5 Å². The van der Waals surface area contributed by atoms with Gasteiger partial charge in [0, 0.05) is 24.9 Å². The van der Waals surface area contributed by atoms with Crippen LogP contribution in [0.2, 0.25) is 0 Å². The van der Waals surface area contributed by atoms with Crippen molar-refractivity contribution in [2.75, 3.05) is 6.54 Å². The molecular formula is C9H15F2N. The summed E-state index contributed by atoms with van der Waals surface area (Å²) in [6.07, 6.45) is 2.29. The van der Waals surface area contributed by atoms with Gasteiger partial charge in [-0.15, -0.1) is 0 Å². The number of hydrogen-bond donors (Lipinski definition) is 1. The Morgan fingerprint density at radius 2 is 2.00 bits per heavy atom. The third kappa shape index (κ3) is 1.47. The van der Waals surface area contributed by atoms with Crippen LogP contribution >= 0.6 is 0 Å². The maximum atomic E-state index is 13.0. The molecule has 12 heavy (non-hydrogen) atoms. The van der Waals surface area contributed by atoms with Crippen LogP contribution in [0.5, 0.6) is 0 Å². The number of rotatable bonds is 1. The molecule has 1 aliphatic carbocycles. The fraction of sp³-hybridized carbons (Fsp3) is 1.00. The summed E-state index contributed by atoms with van der Waals surface area (Å²) in [5.41, 5.74) is -0.276. The van der Waals surface area contributed by atoms with E-state index in [1.54, 1.807) is 0 Å². The predicted molar refractivity (Wildman–Crippen MR) is 43.3 cm³/mol. The van der Waals surface area contributed by atoms with E-state index in [0.717, 1.165) is 12.8 Å². The quantitative estimate of drug-likeness (QED) is 0.644. The molecule has 1 unspecified atom stereocenters. The molecule has 1 saturated heterocycles. The van der Waals surface area contributed by atoms with Crippen molar-refractivity contribution in [3.8, 4) is 0 Å². The molecule has 70 valence electrons. The Kier molecular flexibility index (Phi) is 1.69. The van der Waals surface area contributed by atoms with Crippen LogP contribution in [0.15, 0.2) is 0 Å². The maximum absolute atomic E-state index is 13.0. The van der Waals surface area contributed by atoms with Gasteiger partial charge in [-0.1, -0.05) is 0 Å². The van der Waals surface area contributed by atoms with Gasteiger partial charge in [0.2, 0.25) is 0 Å². The minimum absolute atomic E-state index is 0.00924. The summed E-state index contributed by atoms with van der Waals surface area (Å²) in [6.45, 7) is 2.41. The Morgan fingerprint density at radius 1 is 1.33 bits per heavy atom. The van der Waals surface area contributed by atoms with Gasteiger partial charge in [-0.05, 0) is 25.7 Å². The molecular weight excluding hydrogens is 160 g/mol. The molecule has 0 bridgehead atoms. The molecule has 0 amide bonds. The van der Waals surface area contributed by atoms with E-state index in [1.165, 1.54) is 0 Å². The van der Waals surface area contributed by atoms with Crippen molar-refractivity contribution in [1.29, 1.82) is 0 Å². The van der Waals surface area contributed by atoms with Gasteiger partial charge in [0.15, 0.2) is 0 Å². The summed E-state index contributed by atoms with van der Waals surface area (Å²) < 4.78 is 26.1. The Hall–Kier alpha value is -0.180. The molecule has 0 aromatic carbocycles. The molecule has 0 radical (unpaired) electrons. The molecule has 0 aromatic rings. The van der Waals surface area contributed by atoms with Crippen LogP contribution in [-0.2, 0) is 0 Å². The van der Waals surface area contributed by atoms with Crippen molar-refractivity contribution in [2.24, 2.45) is 5.92 Å². The minimum Gasteiger partial charge on any atom is -0.311 e. The van der Waals surface area contributed by atoms with Crippen LogP contribution in [0.3, 0.4) is 0 Å².